The molecule has 0 aliphatic carbocycles. The summed E-state index contributed by atoms with van der Waals surface area (Å²) < 4.78 is 29.1. The molecule has 0 radical (unpaired) electrons. The van der Waals surface area contributed by atoms with Crippen LogP contribution in [0.1, 0.15) is 81.1 Å². The van der Waals surface area contributed by atoms with E-state index in [4.69, 9.17) is 8.92 Å². The molecule has 1 aromatic carbocycles. The first-order chi connectivity index (χ1) is 15.4. The number of benzene rings is 1. The minimum absolute atomic E-state index is 0.347. The molecule has 3 rings (SSSR count). The minimum Gasteiger partial charge on any atom is -0.490 e. The second kappa shape index (κ2) is 11.5. The van der Waals surface area contributed by atoms with Crippen LogP contribution >= 0.6 is 0 Å². The molecule has 0 fully saturated rings. The number of rotatable bonds is 13. The number of aryl methyl sites for hydroxylation is 3. The maximum absolute atomic E-state index is 12.7. The van der Waals surface area contributed by atoms with Crippen LogP contribution in [0.2, 0.25) is 0 Å². The lowest BCUT2D eigenvalue weighted by atomic mass is 10.1. The molecule has 3 aromatic rings. The Kier molecular flexibility index (Phi) is 8.69. The topological polar surface area (TPSA) is 93.5 Å². The van der Waals surface area contributed by atoms with E-state index in [1.165, 1.54) is 25.7 Å². The van der Waals surface area contributed by atoms with E-state index in [1.54, 1.807) is 4.52 Å². The molecule has 2 unspecified atom stereocenters. The summed E-state index contributed by atoms with van der Waals surface area (Å²) in [5.74, 6) is 1.70. The summed E-state index contributed by atoms with van der Waals surface area (Å²) >= 11 is -1.78. The van der Waals surface area contributed by atoms with Crippen LogP contribution in [0.15, 0.2) is 18.2 Å². The van der Waals surface area contributed by atoms with Gasteiger partial charge in [0.25, 0.3) is 11.3 Å². The molecule has 32 heavy (non-hydrogen) atoms. The van der Waals surface area contributed by atoms with Crippen molar-refractivity contribution in [2.75, 3.05) is 6.61 Å². The number of hydrogen-bond donors (Lipinski definition) is 2. The predicted molar refractivity (Wildman–Crippen MR) is 127 cm³/mol. The smallest absolute Gasteiger partial charge is 0.288 e. The van der Waals surface area contributed by atoms with Gasteiger partial charge in [-0.25, -0.2) is 4.52 Å². The molecular formula is C23H35N5O3S. The first kappa shape index (κ1) is 24.3. The van der Waals surface area contributed by atoms with Gasteiger partial charge in [0, 0.05) is 11.3 Å². The van der Waals surface area contributed by atoms with Crippen LogP contribution in [0, 0.1) is 20.8 Å². The maximum atomic E-state index is 12.7. The van der Waals surface area contributed by atoms with Gasteiger partial charge in [0.1, 0.15) is 0 Å². The second-order valence-electron chi connectivity index (χ2n) is 8.30. The lowest BCUT2D eigenvalue weighted by molar-refractivity contribution is 0.296. The van der Waals surface area contributed by atoms with Gasteiger partial charge in [-0.3, -0.25) is 5.10 Å². The third-order valence-electron chi connectivity index (χ3n) is 5.55. The lowest BCUT2D eigenvalue weighted by Gasteiger charge is -2.15. The number of H-pyrrole nitrogens is 1. The van der Waals surface area contributed by atoms with Gasteiger partial charge in [0.2, 0.25) is 0 Å². The van der Waals surface area contributed by atoms with Crippen LogP contribution in [0.4, 0.5) is 0 Å². The minimum atomic E-state index is -1.78. The normalized spacial score (nSPS) is 13.4. The number of nitrogens with zero attached hydrogens (tertiary/aromatic N) is 3. The molecule has 2 atom stereocenters. The molecule has 2 aromatic heterocycles. The molecule has 2 N–H and O–H groups in total. The molecule has 9 heteroatoms. The van der Waals surface area contributed by atoms with Crippen LogP contribution in [0.25, 0.3) is 5.65 Å². The summed E-state index contributed by atoms with van der Waals surface area (Å²) in [5.41, 5.74) is 3.84. The SMILES string of the molecule is CCCCCCCCOc1ccc(C)cc1OS(=O)NC(C)c1nnc2c(C)c(C)[nH]n12. The van der Waals surface area contributed by atoms with Crippen molar-refractivity contribution < 1.29 is 13.1 Å². The summed E-state index contributed by atoms with van der Waals surface area (Å²) in [7, 11) is 0. The Bertz CT molecular complexity index is 1050. The molecule has 0 aliphatic heterocycles. The fourth-order valence-electron chi connectivity index (χ4n) is 3.52. The first-order valence-corrected chi connectivity index (χ1v) is 12.5. The molecule has 0 amide bonds. The largest absolute Gasteiger partial charge is 0.490 e. The van der Waals surface area contributed by atoms with Crippen LogP contribution in [0.5, 0.6) is 11.5 Å². The number of fused-ring (bicyclic) bond motifs is 1. The number of aromatic nitrogens is 4. The standard InChI is InChI=1S/C23H35N5O3S/c1-6-7-8-9-10-11-14-30-20-13-12-16(2)15-21(20)31-32(29)27-19(5)23-25-24-22-17(3)18(4)26-28(22)23/h12-13,15,19,26-27H,6-11,14H2,1-5H3. The highest BCUT2D eigenvalue weighted by Gasteiger charge is 2.20. The summed E-state index contributed by atoms with van der Waals surface area (Å²) in [5, 5.41) is 11.7. The Morgan fingerprint density at radius 2 is 1.84 bits per heavy atom. The van der Waals surface area contributed by atoms with Crippen molar-refractivity contribution in [3.8, 4) is 11.5 Å². The van der Waals surface area contributed by atoms with Crippen LogP contribution in [-0.2, 0) is 11.3 Å². The first-order valence-electron chi connectivity index (χ1n) is 11.4. The number of aromatic amines is 1. The third kappa shape index (κ3) is 6.10. The lowest BCUT2D eigenvalue weighted by Crippen LogP contribution is -2.26. The summed E-state index contributed by atoms with van der Waals surface area (Å²) in [6.07, 6.45) is 7.19. The van der Waals surface area contributed by atoms with Gasteiger partial charge in [-0.05, 0) is 51.8 Å². The molecule has 0 saturated heterocycles. The van der Waals surface area contributed by atoms with Crippen molar-refractivity contribution in [2.24, 2.45) is 0 Å². The van der Waals surface area contributed by atoms with Crippen molar-refractivity contribution in [2.45, 2.75) is 79.2 Å². The maximum Gasteiger partial charge on any atom is 0.288 e. The highest BCUT2D eigenvalue weighted by Crippen LogP contribution is 2.29. The fraction of sp³-hybridized carbons (Fsp3) is 0.565. The summed E-state index contributed by atoms with van der Waals surface area (Å²) in [6, 6.07) is 5.33. The van der Waals surface area contributed by atoms with E-state index < -0.39 is 11.3 Å². The van der Waals surface area contributed by atoms with Crippen molar-refractivity contribution in [1.29, 1.82) is 0 Å². The summed E-state index contributed by atoms with van der Waals surface area (Å²) in [6.45, 7) is 10.6. The Labute approximate surface area is 192 Å². The number of nitrogens with one attached hydrogen (secondary N) is 2. The van der Waals surface area contributed by atoms with Crippen molar-refractivity contribution in [3.63, 3.8) is 0 Å². The Balaban J connectivity index is 1.57. The molecule has 0 spiro atoms. The monoisotopic (exact) mass is 461 g/mol. The molecule has 8 nitrogen and oxygen atoms in total. The predicted octanol–water partition coefficient (Wildman–Crippen LogP) is 5.03. The van der Waals surface area contributed by atoms with Crippen LogP contribution in [0.3, 0.4) is 0 Å². The second-order valence-corrected chi connectivity index (χ2v) is 9.17. The van der Waals surface area contributed by atoms with Gasteiger partial charge in [-0.1, -0.05) is 45.1 Å². The van der Waals surface area contributed by atoms with Gasteiger partial charge < -0.3 is 8.92 Å². The molecule has 0 saturated carbocycles. The van der Waals surface area contributed by atoms with E-state index in [0.29, 0.717) is 23.9 Å². The van der Waals surface area contributed by atoms with E-state index in [0.717, 1.165) is 35.3 Å². The average molecular weight is 462 g/mol. The van der Waals surface area contributed by atoms with Gasteiger partial charge in [0.05, 0.1) is 12.6 Å². The molecule has 0 aliphatic rings. The Hall–Kier alpha value is -2.39. The average Bonchev–Trinajstić information content (AvgIpc) is 3.28. The van der Waals surface area contributed by atoms with Crippen LogP contribution in [-0.4, -0.2) is 30.6 Å². The van der Waals surface area contributed by atoms with Crippen molar-refractivity contribution in [3.05, 3.63) is 40.8 Å². The van der Waals surface area contributed by atoms with E-state index in [2.05, 4.69) is 26.9 Å². The Morgan fingerprint density at radius 1 is 1.09 bits per heavy atom. The third-order valence-corrected chi connectivity index (χ3v) is 6.42. The zero-order valence-corrected chi connectivity index (χ0v) is 20.6. The van der Waals surface area contributed by atoms with Gasteiger partial charge in [0.15, 0.2) is 23.0 Å². The van der Waals surface area contributed by atoms with Crippen molar-refractivity contribution in [1.82, 2.24) is 24.5 Å². The molecule has 2 heterocycles. The molecular weight excluding hydrogens is 426 g/mol. The Morgan fingerprint density at radius 3 is 2.62 bits per heavy atom. The number of ether oxygens (including phenoxy) is 1. The highest BCUT2D eigenvalue weighted by molar-refractivity contribution is 7.78. The quantitative estimate of drug-likeness (QED) is 0.348. The number of unbranched alkanes of at least 4 members (excludes halogenated alkanes) is 5. The van der Waals surface area contributed by atoms with Gasteiger partial charge in [-0.2, -0.15) is 8.93 Å². The zero-order chi connectivity index (χ0) is 23.1. The van der Waals surface area contributed by atoms with E-state index in [-0.39, 0.29) is 6.04 Å². The zero-order valence-electron chi connectivity index (χ0n) is 19.7. The summed E-state index contributed by atoms with van der Waals surface area (Å²) in [4.78, 5) is 0. The molecule has 0 bridgehead atoms. The number of hydrogen-bond acceptors (Lipinski definition) is 5. The van der Waals surface area contributed by atoms with E-state index in [1.807, 2.05) is 45.9 Å². The van der Waals surface area contributed by atoms with Crippen molar-refractivity contribution >= 4 is 16.9 Å². The van der Waals surface area contributed by atoms with Crippen LogP contribution < -0.4 is 13.6 Å². The van der Waals surface area contributed by atoms with E-state index >= 15 is 0 Å². The highest BCUT2D eigenvalue weighted by atomic mass is 32.2. The van der Waals surface area contributed by atoms with Gasteiger partial charge >= 0.3 is 0 Å². The fourth-order valence-corrected chi connectivity index (χ4v) is 4.25. The van der Waals surface area contributed by atoms with E-state index in [9.17, 15) is 4.21 Å². The molecule has 176 valence electrons. The van der Waals surface area contributed by atoms with Gasteiger partial charge in [-0.15, -0.1) is 10.2 Å².